The van der Waals surface area contributed by atoms with E-state index < -0.39 is 29.7 Å². The minimum atomic E-state index is -0.961. The van der Waals surface area contributed by atoms with Crippen molar-refractivity contribution in [2.24, 2.45) is 0 Å². The highest BCUT2D eigenvalue weighted by Gasteiger charge is 2.36. The van der Waals surface area contributed by atoms with Crippen molar-refractivity contribution < 1.29 is 24.6 Å². The minimum absolute atomic E-state index is 0.0142. The van der Waals surface area contributed by atoms with Crippen LogP contribution in [0.3, 0.4) is 0 Å². The summed E-state index contributed by atoms with van der Waals surface area (Å²) in [4.78, 5) is 39.6. The Labute approximate surface area is 172 Å². The average molecular weight is 412 g/mol. The first-order chi connectivity index (χ1) is 13.8. The number of carbonyl (C=O) groups excluding carboxylic acids is 3. The topological polar surface area (TPSA) is 98.2 Å². The number of carbonyl (C=O) groups is 3. The second-order valence-corrected chi connectivity index (χ2v) is 7.55. The lowest BCUT2D eigenvalue weighted by molar-refractivity contribution is -0.135. The molecule has 0 bridgehead atoms. The van der Waals surface area contributed by atoms with E-state index in [0.29, 0.717) is 5.56 Å². The summed E-state index contributed by atoms with van der Waals surface area (Å²) in [6.07, 6.45) is 0.658. The minimum Gasteiger partial charge on any atom is -0.508 e. The Morgan fingerprint density at radius 2 is 1.79 bits per heavy atom. The molecule has 1 saturated heterocycles. The van der Waals surface area contributed by atoms with Gasteiger partial charge in [-0.15, -0.1) is 0 Å². The summed E-state index contributed by atoms with van der Waals surface area (Å²) in [6, 6.07) is 15.1. The van der Waals surface area contributed by atoms with E-state index in [2.05, 4.69) is 0 Å². The Morgan fingerprint density at radius 3 is 2.45 bits per heavy atom. The van der Waals surface area contributed by atoms with Gasteiger partial charge in [0.1, 0.15) is 12.3 Å². The third-order valence-electron chi connectivity index (χ3n) is 4.41. The molecule has 0 aliphatic carbocycles. The predicted octanol–water partition coefficient (Wildman–Crippen LogP) is 2.62. The molecular formula is C21H20N2O5S. The summed E-state index contributed by atoms with van der Waals surface area (Å²) in [7, 11) is 1.49. The van der Waals surface area contributed by atoms with Gasteiger partial charge in [-0.25, -0.2) is 0 Å². The van der Waals surface area contributed by atoms with Gasteiger partial charge >= 0.3 is 0 Å². The summed E-state index contributed by atoms with van der Waals surface area (Å²) in [5, 5.41) is 19.1. The zero-order valence-corrected chi connectivity index (χ0v) is 16.5. The van der Waals surface area contributed by atoms with Crippen molar-refractivity contribution >= 4 is 34.9 Å². The fourth-order valence-electron chi connectivity index (χ4n) is 2.76. The molecule has 0 aromatic heterocycles. The van der Waals surface area contributed by atoms with Crippen molar-refractivity contribution in [2.45, 2.75) is 6.10 Å². The number of phenolic OH excluding ortho intramolecular Hbond substituents is 1. The molecule has 3 rings (SSSR count). The molecule has 0 saturated carbocycles. The van der Waals surface area contributed by atoms with Gasteiger partial charge in [-0.2, -0.15) is 0 Å². The molecule has 1 heterocycles. The zero-order valence-electron chi connectivity index (χ0n) is 15.7. The molecule has 29 heavy (non-hydrogen) atoms. The zero-order chi connectivity index (χ0) is 21.0. The van der Waals surface area contributed by atoms with Gasteiger partial charge < -0.3 is 15.1 Å². The molecule has 1 atom stereocenters. The van der Waals surface area contributed by atoms with Crippen LogP contribution in [0.2, 0.25) is 0 Å². The molecule has 0 radical (unpaired) electrons. The highest BCUT2D eigenvalue weighted by Crippen LogP contribution is 2.32. The van der Waals surface area contributed by atoms with E-state index in [1.807, 2.05) is 30.3 Å². The van der Waals surface area contributed by atoms with E-state index in [1.54, 1.807) is 18.2 Å². The van der Waals surface area contributed by atoms with Gasteiger partial charge in [-0.05, 0) is 41.1 Å². The van der Waals surface area contributed by atoms with Crippen molar-refractivity contribution in [3.05, 3.63) is 70.6 Å². The van der Waals surface area contributed by atoms with Crippen LogP contribution in [0.15, 0.2) is 59.5 Å². The summed E-state index contributed by atoms with van der Waals surface area (Å²) in [6.45, 7) is -0.407. The number of aliphatic hydroxyl groups excluding tert-OH is 1. The summed E-state index contributed by atoms with van der Waals surface area (Å²) in [5.41, 5.74) is 1.33. The number of likely N-dealkylation sites (N-methyl/N-ethyl adjacent to an activating group) is 1. The number of imide groups is 1. The normalized spacial score (nSPS) is 16.3. The van der Waals surface area contributed by atoms with Gasteiger partial charge in [0.05, 0.1) is 17.6 Å². The number of hydrogen-bond donors (Lipinski definition) is 2. The summed E-state index contributed by atoms with van der Waals surface area (Å²) >= 11 is 0.797. The van der Waals surface area contributed by atoms with Crippen LogP contribution >= 0.6 is 11.8 Å². The number of thioether (sulfide) groups is 1. The lowest BCUT2D eigenvalue weighted by atomic mass is 10.1. The molecule has 2 aromatic rings. The van der Waals surface area contributed by atoms with Gasteiger partial charge in [0.2, 0.25) is 5.91 Å². The van der Waals surface area contributed by atoms with Crippen LogP contribution in [0.1, 0.15) is 17.2 Å². The molecule has 3 amide bonds. The number of hydrogen-bond acceptors (Lipinski definition) is 6. The first kappa shape index (κ1) is 20.6. The lowest BCUT2D eigenvalue weighted by Crippen LogP contribution is -2.41. The SMILES string of the molecule is CN(C[C@@H](O)c1ccc(O)cc1)C(=O)CN1C(=O)S/C(=C\c2ccccc2)C1=O. The van der Waals surface area contributed by atoms with Crippen LogP contribution in [-0.4, -0.2) is 57.2 Å². The molecule has 7 nitrogen and oxygen atoms in total. The molecule has 1 fully saturated rings. The van der Waals surface area contributed by atoms with E-state index in [4.69, 9.17) is 0 Å². The number of aromatic hydroxyl groups is 1. The molecule has 0 unspecified atom stereocenters. The van der Waals surface area contributed by atoms with Gasteiger partial charge in [-0.3, -0.25) is 19.3 Å². The number of amides is 3. The largest absolute Gasteiger partial charge is 0.508 e. The smallest absolute Gasteiger partial charge is 0.294 e. The van der Waals surface area contributed by atoms with Gasteiger partial charge in [0.15, 0.2) is 0 Å². The number of aliphatic hydroxyl groups is 1. The Morgan fingerprint density at radius 1 is 1.14 bits per heavy atom. The molecule has 2 aromatic carbocycles. The second-order valence-electron chi connectivity index (χ2n) is 6.56. The molecular weight excluding hydrogens is 392 g/mol. The van der Waals surface area contributed by atoms with E-state index in [1.165, 1.54) is 24.1 Å². The molecule has 0 spiro atoms. The number of nitrogens with zero attached hydrogens (tertiary/aromatic N) is 2. The average Bonchev–Trinajstić information content (AvgIpc) is 2.96. The summed E-state index contributed by atoms with van der Waals surface area (Å²) < 4.78 is 0. The Balaban J connectivity index is 1.62. The van der Waals surface area contributed by atoms with Crippen LogP contribution in [-0.2, 0) is 9.59 Å². The maximum Gasteiger partial charge on any atom is 0.294 e. The van der Waals surface area contributed by atoms with Crippen LogP contribution in [0.5, 0.6) is 5.75 Å². The quantitative estimate of drug-likeness (QED) is 0.708. The fraction of sp³-hybridized carbons (Fsp3) is 0.190. The summed E-state index contributed by atoms with van der Waals surface area (Å²) in [5.74, 6) is -0.899. The molecule has 8 heteroatoms. The Hall–Kier alpha value is -3.10. The molecule has 2 N–H and O–H groups in total. The number of phenols is 1. The van der Waals surface area contributed by atoms with Crippen molar-refractivity contribution in [1.82, 2.24) is 9.80 Å². The predicted molar refractivity (Wildman–Crippen MR) is 110 cm³/mol. The van der Waals surface area contributed by atoms with E-state index in [-0.39, 0.29) is 17.2 Å². The second kappa shape index (κ2) is 8.93. The Bertz CT molecular complexity index is 943. The third-order valence-corrected chi connectivity index (χ3v) is 5.32. The van der Waals surface area contributed by atoms with Crippen LogP contribution in [0.4, 0.5) is 4.79 Å². The third kappa shape index (κ3) is 5.04. The molecule has 1 aliphatic heterocycles. The van der Waals surface area contributed by atoms with Gasteiger partial charge in [-0.1, -0.05) is 42.5 Å². The fourth-order valence-corrected chi connectivity index (χ4v) is 3.59. The van der Waals surface area contributed by atoms with Crippen LogP contribution < -0.4 is 0 Å². The highest BCUT2D eigenvalue weighted by molar-refractivity contribution is 8.18. The lowest BCUT2D eigenvalue weighted by Gasteiger charge is -2.23. The highest BCUT2D eigenvalue weighted by atomic mass is 32.2. The first-order valence-corrected chi connectivity index (χ1v) is 9.68. The maximum atomic E-state index is 12.5. The van der Waals surface area contributed by atoms with Crippen molar-refractivity contribution in [3.8, 4) is 5.75 Å². The van der Waals surface area contributed by atoms with Crippen LogP contribution in [0, 0.1) is 0 Å². The van der Waals surface area contributed by atoms with E-state index in [9.17, 15) is 24.6 Å². The molecule has 150 valence electrons. The van der Waals surface area contributed by atoms with Gasteiger partial charge in [0.25, 0.3) is 11.1 Å². The van der Waals surface area contributed by atoms with Crippen molar-refractivity contribution in [1.29, 1.82) is 0 Å². The first-order valence-electron chi connectivity index (χ1n) is 8.86. The van der Waals surface area contributed by atoms with E-state index in [0.717, 1.165) is 22.2 Å². The number of rotatable bonds is 6. The maximum absolute atomic E-state index is 12.5. The van der Waals surface area contributed by atoms with E-state index >= 15 is 0 Å². The van der Waals surface area contributed by atoms with Gasteiger partial charge in [0, 0.05) is 7.05 Å². The van der Waals surface area contributed by atoms with Crippen molar-refractivity contribution in [2.75, 3.05) is 20.1 Å². The Kier molecular flexibility index (Phi) is 6.36. The monoisotopic (exact) mass is 412 g/mol. The standard InChI is InChI=1S/C21H20N2O5S/c1-22(12-17(25)15-7-9-16(24)10-8-15)19(26)13-23-20(27)18(29-21(23)28)11-14-5-3-2-4-6-14/h2-11,17,24-25H,12-13H2,1H3/b18-11-/t17-/m1/s1. The van der Waals surface area contributed by atoms with Crippen LogP contribution in [0.25, 0.3) is 6.08 Å². The molecule has 1 aliphatic rings. The van der Waals surface area contributed by atoms with Crippen molar-refractivity contribution in [3.63, 3.8) is 0 Å². The number of benzene rings is 2.